The fourth-order valence-corrected chi connectivity index (χ4v) is 0. The van der Waals surface area contributed by atoms with E-state index in [0.717, 1.165) is 0 Å². The zero-order valence-electron chi connectivity index (χ0n) is 6.59. The Morgan fingerprint density at radius 1 is 0.692 bits per heavy atom. The summed E-state index contributed by atoms with van der Waals surface area (Å²) in [5.41, 5.74) is 0. The minimum atomic E-state index is -1.75. The van der Waals surface area contributed by atoms with E-state index in [2.05, 4.69) is 0 Å². The van der Waals surface area contributed by atoms with Gasteiger partial charge < -0.3 is 59.8 Å². The van der Waals surface area contributed by atoms with Gasteiger partial charge in [0.2, 0.25) is 0 Å². The average Bonchev–Trinajstić information content (AvgIpc) is 0.811. The molecule has 0 radical (unpaired) electrons. The molecular formula is H17N2O10Zn-. The van der Waals surface area contributed by atoms with Gasteiger partial charge in [-0.05, 0) is 0 Å². The van der Waals surface area contributed by atoms with Crippen LogP contribution in [0, 0.1) is 15.3 Å². The van der Waals surface area contributed by atoms with Gasteiger partial charge in [-0.1, -0.05) is 0 Å². The first-order chi connectivity index (χ1) is 1.73. The zero-order chi connectivity index (χ0) is 3.58. The number of nitrogens with zero attached hydrogens (tertiary/aromatic N) is 1. The Morgan fingerprint density at radius 3 is 0.692 bits per heavy atom. The summed E-state index contributed by atoms with van der Waals surface area (Å²) in [6.45, 7) is 0. The monoisotopic (exact) mass is 269 g/mol. The van der Waals surface area contributed by atoms with Crippen molar-refractivity contribution in [2.45, 2.75) is 0 Å². The normalized spacial score (nSPS) is 1.85. The van der Waals surface area contributed by atoms with Crippen LogP contribution in [0.1, 0.15) is 0 Å². The molecule has 13 heteroatoms. The van der Waals surface area contributed by atoms with Crippen molar-refractivity contribution < 1.29 is 62.9 Å². The maximum atomic E-state index is 8.25. The van der Waals surface area contributed by atoms with Gasteiger partial charge in [0.05, 0.1) is 5.09 Å². The third-order valence-electron chi connectivity index (χ3n) is 0. The second kappa shape index (κ2) is 203. The standard InChI is InChI=1S/NO3.H3N.7H2O.Zn/c2-1(3)4;;;;;;;;;/h;1H3;7*1H2;/q-1;;;;;;;;;. The summed E-state index contributed by atoms with van der Waals surface area (Å²) in [5, 5.41) is 14.8. The molecule has 0 spiro atoms. The molecule has 0 unspecified atom stereocenters. The SMILES string of the molecule is N.O.O.O.O.O.O.O.O=[N+]([O-])[O-].[Zn]. The first-order valence-electron chi connectivity index (χ1n) is 0.548. The van der Waals surface area contributed by atoms with E-state index in [1.165, 1.54) is 0 Å². The van der Waals surface area contributed by atoms with E-state index in [4.69, 9.17) is 15.3 Å². The predicted molar refractivity (Wildman–Crippen MR) is 40.7 cm³/mol. The van der Waals surface area contributed by atoms with Crippen LogP contribution in [0.2, 0.25) is 0 Å². The maximum absolute atomic E-state index is 8.25. The molecule has 0 heterocycles. The molecular weight excluding hydrogens is 253 g/mol. The van der Waals surface area contributed by atoms with E-state index < -0.39 is 5.09 Å². The third-order valence-corrected chi connectivity index (χ3v) is 0. The number of hydrogen-bond acceptors (Lipinski definition) is 4. The topological polar surface area (TPSA) is 322 Å². The van der Waals surface area contributed by atoms with Gasteiger partial charge in [0.1, 0.15) is 0 Å². The second-order valence-electron chi connectivity index (χ2n) is 0.224. The van der Waals surface area contributed by atoms with Crippen LogP contribution in [0.5, 0.6) is 0 Å². The first kappa shape index (κ1) is 264. The molecule has 0 aromatic heterocycles. The molecule has 0 rings (SSSR count). The average molecular weight is 271 g/mol. The first-order valence-corrected chi connectivity index (χ1v) is 0.548. The van der Waals surface area contributed by atoms with Crippen LogP contribution in [0.3, 0.4) is 0 Å². The summed E-state index contributed by atoms with van der Waals surface area (Å²) in [5.74, 6) is 0. The van der Waals surface area contributed by atoms with Gasteiger partial charge >= 0.3 is 0 Å². The van der Waals surface area contributed by atoms with Crippen molar-refractivity contribution in [3.05, 3.63) is 15.3 Å². The summed E-state index contributed by atoms with van der Waals surface area (Å²) in [6.07, 6.45) is 0. The minimum Gasteiger partial charge on any atom is -0.412 e. The van der Waals surface area contributed by atoms with Crippen molar-refractivity contribution in [2.24, 2.45) is 0 Å². The number of rotatable bonds is 0. The molecule has 0 atom stereocenters. The van der Waals surface area contributed by atoms with E-state index in [-0.39, 0.29) is 64.0 Å². The molecule has 17 N–H and O–H groups in total. The predicted octanol–water partition coefficient (Wildman–Crippen LogP) is -5.85. The quantitative estimate of drug-likeness (QED) is 0.255. The van der Waals surface area contributed by atoms with Crippen LogP contribution >= 0.6 is 0 Å². The Labute approximate surface area is 85.2 Å². The van der Waals surface area contributed by atoms with E-state index in [1.54, 1.807) is 0 Å². The van der Waals surface area contributed by atoms with Crippen LogP contribution in [-0.2, 0) is 19.5 Å². The van der Waals surface area contributed by atoms with E-state index in [1.807, 2.05) is 0 Å². The van der Waals surface area contributed by atoms with Gasteiger partial charge in [0.15, 0.2) is 0 Å². The summed E-state index contributed by atoms with van der Waals surface area (Å²) in [4.78, 5) is 8.25. The molecule has 12 nitrogen and oxygen atoms in total. The van der Waals surface area contributed by atoms with Gasteiger partial charge in [-0.15, -0.1) is 0 Å². The molecule has 0 fully saturated rings. The summed E-state index contributed by atoms with van der Waals surface area (Å²) in [6, 6.07) is 0. The molecule has 0 aliphatic carbocycles. The maximum Gasteiger partial charge on any atom is 0.0689 e. The molecule has 90 valence electrons. The van der Waals surface area contributed by atoms with Gasteiger partial charge in [0, 0.05) is 19.5 Å². The molecule has 0 aliphatic heterocycles. The van der Waals surface area contributed by atoms with Crippen LogP contribution < -0.4 is 6.15 Å². The third kappa shape index (κ3) is 4210. The van der Waals surface area contributed by atoms with Crippen molar-refractivity contribution in [3.8, 4) is 0 Å². The van der Waals surface area contributed by atoms with Gasteiger partial charge in [0.25, 0.3) is 0 Å². The van der Waals surface area contributed by atoms with E-state index in [9.17, 15) is 0 Å². The Balaban J connectivity index is -0.00000000125. The molecule has 0 aliphatic rings. The molecule has 0 saturated carbocycles. The molecule has 0 amide bonds. The van der Waals surface area contributed by atoms with Crippen LogP contribution in [0.4, 0.5) is 0 Å². The van der Waals surface area contributed by atoms with Crippen molar-refractivity contribution in [2.75, 3.05) is 0 Å². The van der Waals surface area contributed by atoms with Crippen molar-refractivity contribution >= 4 is 0 Å². The molecule has 0 aromatic rings. The van der Waals surface area contributed by atoms with Gasteiger partial charge in [-0.3, -0.25) is 0 Å². The van der Waals surface area contributed by atoms with E-state index >= 15 is 0 Å². The van der Waals surface area contributed by atoms with Crippen molar-refractivity contribution in [3.63, 3.8) is 0 Å². The number of hydrogen-bond donors (Lipinski definition) is 1. The largest absolute Gasteiger partial charge is 0.412 e. The van der Waals surface area contributed by atoms with Crippen LogP contribution in [0.15, 0.2) is 0 Å². The Bertz CT molecular complexity index is 35.9. The van der Waals surface area contributed by atoms with Crippen molar-refractivity contribution in [1.82, 2.24) is 6.15 Å². The zero-order valence-corrected chi connectivity index (χ0v) is 9.55. The molecule has 0 aromatic carbocycles. The summed E-state index contributed by atoms with van der Waals surface area (Å²) >= 11 is 0. The molecule has 13 heavy (non-hydrogen) atoms. The minimum absolute atomic E-state index is 0. The summed E-state index contributed by atoms with van der Waals surface area (Å²) in [7, 11) is 0. The van der Waals surface area contributed by atoms with E-state index in [0.29, 0.717) is 0 Å². The van der Waals surface area contributed by atoms with Crippen molar-refractivity contribution in [1.29, 1.82) is 0 Å². The Hall–Kier alpha value is -0.497. The smallest absolute Gasteiger partial charge is 0.0689 e. The second-order valence-corrected chi connectivity index (χ2v) is 0.224. The molecule has 0 saturated heterocycles. The Morgan fingerprint density at radius 2 is 0.692 bits per heavy atom. The van der Waals surface area contributed by atoms with Gasteiger partial charge in [-0.2, -0.15) is 0 Å². The van der Waals surface area contributed by atoms with Crippen LogP contribution in [0.25, 0.3) is 0 Å². The Kier molecular flexibility index (Phi) is 4110. The van der Waals surface area contributed by atoms with Crippen LogP contribution in [-0.4, -0.2) is 43.4 Å². The van der Waals surface area contributed by atoms with Gasteiger partial charge in [-0.25, -0.2) is 0 Å². The fraction of sp³-hybridized carbons (Fsp3) is 0. The fourth-order valence-electron chi connectivity index (χ4n) is 0. The molecule has 0 bridgehead atoms. The summed E-state index contributed by atoms with van der Waals surface area (Å²) < 4.78 is 0.